The van der Waals surface area contributed by atoms with E-state index in [9.17, 15) is 0 Å². The molecule has 0 aromatic rings. The molecule has 0 radical (unpaired) electrons. The first-order valence-electron chi connectivity index (χ1n) is 4.51. The Kier molecular flexibility index (Phi) is 3.15. The minimum Gasteiger partial charge on any atom is -0.351 e. The van der Waals surface area contributed by atoms with E-state index < -0.39 is 0 Å². The molecular weight excluding hydrogens is 146 g/mol. The Hall–Kier alpha value is -0.980. The summed E-state index contributed by atoms with van der Waals surface area (Å²) >= 11 is 0. The third kappa shape index (κ3) is 2.26. The summed E-state index contributed by atoms with van der Waals surface area (Å²) in [5, 5.41) is 0. The predicted molar refractivity (Wildman–Crippen MR) is 53.6 cm³/mol. The van der Waals surface area contributed by atoms with E-state index in [1.54, 1.807) is 0 Å². The Morgan fingerprint density at radius 2 is 2.25 bits per heavy atom. The molecule has 0 spiro atoms. The Morgan fingerprint density at radius 1 is 1.50 bits per heavy atom. The smallest absolute Gasteiger partial charge is 0.0406 e. The lowest BCUT2D eigenvalue weighted by atomic mass is 10.0. The van der Waals surface area contributed by atoms with Gasteiger partial charge in [0.2, 0.25) is 0 Å². The minimum atomic E-state index is 0.647. The number of allylic oxidation sites excluding steroid dienone is 3. The summed E-state index contributed by atoms with van der Waals surface area (Å²) < 4.78 is 0. The van der Waals surface area contributed by atoms with Gasteiger partial charge in [-0.25, -0.2) is 0 Å². The molecule has 0 amide bonds. The van der Waals surface area contributed by atoms with Crippen molar-refractivity contribution >= 4 is 0 Å². The van der Waals surface area contributed by atoms with Crippen LogP contribution in [0.5, 0.6) is 0 Å². The fourth-order valence-corrected chi connectivity index (χ4v) is 1.25. The zero-order chi connectivity index (χ0) is 8.97. The molecule has 1 nitrogen and oxygen atoms in total. The van der Waals surface area contributed by atoms with Crippen molar-refractivity contribution in [1.82, 2.24) is 4.90 Å². The van der Waals surface area contributed by atoms with Crippen molar-refractivity contribution in [2.24, 2.45) is 5.92 Å². The zero-order valence-electron chi connectivity index (χ0n) is 8.12. The standard InChI is InChI=1S/C11H17N/c1-4-7-12-8-5-11(6-9-12)10(2)3/h4-8,10H,9H2,1-3H3/b7-4-. The van der Waals surface area contributed by atoms with Crippen molar-refractivity contribution in [2.75, 3.05) is 6.54 Å². The average Bonchev–Trinajstić information content (AvgIpc) is 2.06. The van der Waals surface area contributed by atoms with E-state index in [1.165, 1.54) is 5.57 Å². The summed E-state index contributed by atoms with van der Waals surface area (Å²) in [5.41, 5.74) is 1.44. The first-order valence-corrected chi connectivity index (χ1v) is 4.51. The summed E-state index contributed by atoms with van der Waals surface area (Å²) in [6.07, 6.45) is 10.7. The van der Waals surface area contributed by atoms with Gasteiger partial charge in [0, 0.05) is 12.7 Å². The molecule has 1 rings (SSSR count). The van der Waals surface area contributed by atoms with E-state index in [0.717, 1.165) is 6.54 Å². The summed E-state index contributed by atoms with van der Waals surface area (Å²) in [6, 6.07) is 0. The van der Waals surface area contributed by atoms with Crippen molar-refractivity contribution in [3.8, 4) is 0 Å². The van der Waals surface area contributed by atoms with Gasteiger partial charge in [-0.1, -0.05) is 26.0 Å². The van der Waals surface area contributed by atoms with Crippen LogP contribution in [0.4, 0.5) is 0 Å². The number of hydrogen-bond donors (Lipinski definition) is 0. The minimum absolute atomic E-state index is 0.647. The van der Waals surface area contributed by atoms with Crippen LogP contribution >= 0.6 is 0 Å². The average molecular weight is 163 g/mol. The van der Waals surface area contributed by atoms with Gasteiger partial charge in [0.1, 0.15) is 0 Å². The van der Waals surface area contributed by atoms with Crippen molar-refractivity contribution < 1.29 is 0 Å². The summed E-state index contributed by atoms with van der Waals surface area (Å²) in [5.74, 6) is 0.647. The molecule has 1 aliphatic heterocycles. The molecule has 0 aliphatic carbocycles. The molecule has 0 atom stereocenters. The molecule has 1 heteroatoms. The highest BCUT2D eigenvalue weighted by molar-refractivity contribution is 5.25. The van der Waals surface area contributed by atoms with E-state index in [2.05, 4.69) is 49.4 Å². The lowest BCUT2D eigenvalue weighted by Crippen LogP contribution is -2.14. The Morgan fingerprint density at radius 3 is 2.67 bits per heavy atom. The predicted octanol–water partition coefficient (Wildman–Crippen LogP) is 2.93. The highest BCUT2D eigenvalue weighted by Crippen LogP contribution is 2.15. The second kappa shape index (κ2) is 4.15. The van der Waals surface area contributed by atoms with Crippen molar-refractivity contribution in [3.05, 3.63) is 36.2 Å². The van der Waals surface area contributed by atoms with Crippen LogP contribution in [-0.2, 0) is 0 Å². The third-order valence-corrected chi connectivity index (χ3v) is 2.00. The maximum atomic E-state index is 2.28. The van der Waals surface area contributed by atoms with Gasteiger partial charge in [0.15, 0.2) is 0 Å². The van der Waals surface area contributed by atoms with Crippen LogP contribution in [0.15, 0.2) is 36.2 Å². The fourth-order valence-electron chi connectivity index (χ4n) is 1.25. The van der Waals surface area contributed by atoms with E-state index in [1.807, 2.05) is 6.92 Å². The molecule has 0 unspecified atom stereocenters. The van der Waals surface area contributed by atoms with Crippen LogP contribution in [0.3, 0.4) is 0 Å². The van der Waals surface area contributed by atoms with Crippen molar-refractivity contribution in [1.29, 1.82) is 0 Å². The lowest BCUT2D eigenvalue weighted by Gasteiger charge is -2.19. The highest BCUT2D eigenvalue weighted by atomic mass is 15.1. The maximum absolute atomic E-state index is 2.28. The molecule has 0 bridgehead atoms. The van der Waals surface area contributed by atoms with E-state index in [0.29, 0.717) is 5.92 Å². The van der Waals surface area contributed by atoms with Gasteiger partial charge in [0.25, 0.3) is 0 Å². The van der Waals surface area contributed by atoms with Crippen LogP contribution in [0.2, 0.25) is 0 Å². The largest absolute Gasteiger partial charge is 0.351 e. The molecule has 0 N–H and O–H groups in total. The van der Waals surface area contributed by atoms with Gasteiger partial charge in [-0.05, 0) is 30.7 Å². The first-order chi connectivity index (χ1) is 5.74. The third-order valence-electron chi connectivity index (χ3n) is 2.00. The molecular formula is C11H17N. The van der Waals surface area contributed by atoms with Gasteiger partial charge >= 0.3 is 0 Å². The summed E-state index contributed by atoms with van der Waals surface area (Å²) in [6.45, 7) is 7.49. The fraction of sp³-hybridized carbons (Fsp3) is 0.455. The van der Waals surface area contributed by atoms with Crippen molar-refractivity contribution in [2.45, 2.75) is 20.8 Å². The summed E-state index contributed by atoms with van der Waals surface area (Å²) in [4.78, 5) is 2.17. The van der Waals surface area contributed by atoms with Crippen LogP contribution in [-0.4, -0.2) is 11.4 Å². The normalized spacial score (nSPS) is 17.7. The molecule has 1 heterocycles. The number of rotatable bonds is 2. The second-order valence-corrected chi connectivity index (χ2v) is 3.35. The topological polar surface area (TPSA) is 3.24 Å². The molecule has 0 aromatic carbocycles. The molecule has 12 heavy (non-hydrogen) atoms. The second-order valence-electron chi connectivity index (χ2n) is 3.35. The first kappa shape index (κ1) is 9.11. The monoisotopic (exact) mass is 163 g/mol. The molecule has 0 saturated heterocycles. The molecule has 1 aliphatic rings. The van der Waals surface area contributed by atoms with Gasteiger partial charge in [-0.3, -0.25) is 0 Å². The van der Waals surface area contributed by atoms with Crippen LogP contribution < -0.4 is 0 Å². The maximum Gasteiger partial charge on any atom is 0.0406 e. The van der Waals surface area contributed by atoms with Crippen LogP contribution in [0, 0.1) is 5.92 Å². The highest BCUT2D eigenvalue weighted by Gasteiger charge is 2.04. The number of hydrogen-bond acceptors (Lipinski definition) is 1. The Labute approximate surface area is 75.1 Å². The van der Waals surface area contributed by atoms with Gasteiger partial charge in [-0.2, -0.15) is 0 Å². The lowest BCUT2D eigenvalue weighted by molar-refractivity contribution is 0.549. The Bertz CT molecular complexity index is 221. The van der Waals surface area contributed by atoms with Crippen LogP contribution in [0.25, 0.3) is 0 Å². The molecule has 0 fully saturated rings. The Balaban J connectivity index is 2.55. The van der Waals surface area contributed by atoms with E-state index in [-0.39, 0.29) is 0 Å². The summed E-state index contributed by atoms with van der Waals surface area (Å²) in [7, 11) is 0. The zero-order valence-corrected chi connectivity index (χ0v) is 8.12. The molecule has 66 valence electrons. The van der Waals surface area contributed by atoms with E-state index >= 15 is 0 Å². The number of nitrogens with zero attached hydrogens (tertiary/aromatic N) is 1. The van der Waals surface area contributed by atoms with E-state index in [4.69, 9.17) is 0 Å². The van der Waals surface area contributed by atoms with Gasteiger partial charge in [-0.15, -0.1) is 0 Å². The van der Waals surface area contributed by atoms with Gasteiger partial charge < -0.3 is 4.90 Å². The van der Waals surface area contributed by atoms with Crippen molar-refractivity contribution in [3.63, 3.8) is 0 Å². The molecule has 0 aromatic heterocycles. The quantitative estimate of drug-likeness (QED) is 0.605. The molecule has 0 saturated carbocycles. The van der Waals surface area contributed by atoms with Gasteiger partial charge in [0.05, 0.1) is 0 Å². The van der Waals surface area contributed by atoms with Crippen LogP contribution in [0.1, 0.15) is 20.8 Å². The SMILES string of the molecule is C/C=C\N1C=CC(C(C)C)=CC1.